The summed E-state index contributed by atoms with van der Waals surface area (Å²) >= 11 is 1.55. The van der Waals surface area contributed by atoms with Gasteiger partial charge in [0.2, 0.25) is 0 Å². The predicted molar refractivity (Wildman–Crippen MR) is 135 cm³/mol. The molecule has 0 heterocycles. The first-order chi connectivity index (χ1) is 15.9. The second kappa shape index (κ2) is 11.1. The summed E-state index contributed by atoms with van der Waals surface area (Å²) in [5.74, 6) is 0.390. The van der Waals surface area contributed by atoms with Crippen LogP contribution in [0.15, 0.2) is 95.2 Å². The molecule has 0 aliphatic carbocycles. The average molecular weight is 483 g/mol. The van der Waals surface area contributed by atoms with Crippen LogP contribution in [-0.4, -0.2) is 33.7 Å². The van der Waals surface area contributed by atoms with E-state index in [9.17, 15) is 13.2 Å². The molecule has 0 aromatic heterocycles. The van der Waals surface area contributed by atoms with Gasteiger partial charge in [-0.2, -0.15) is 0 Å². The summed E-state index contributed by atoms with van der Waals surface area (Å²) in [6.07, 6.45) is 3.60. The van der Waals surface area contributed by atoms with Crippen LogP contribution in [0.25, 0.3) is 0 Å². The van der Waals surface area contributed by atoms with Crippen molar-refractivity contribution in [2.45, 2.75) is 16.7 Å². The number of nitrogens with one attached hydrogen (secondary N) is 1. The number of amides is 1. The van der Waals surface area contributed by atoms with E-state index in [1.807, 2.05) is 6.26 Å². The fraction of sp³-hybridized carbons (Fsp3) is 0.160. The Bertz CT molecular complexity index is 1190. The number of nitrogens with zero attached hydrogens (tertiary/aromatic N) is 1. The van der Waals surface area contributed by atoms with Crippen molar-refractivity contribution in [2.24, 2.45) is 0 Å². The summed E-state index contributed by atoms with van der Waals surface area (Å²) in [5.41, 5.74) is 1.54. The van der Waals surface area contributed by atoms with Crippen LogP contribution < -0.4 is 14.4 Å². The summed E-state index contributed by atoms with van der Waals surface area (Å²) in [7, 11) is -3.72. The van der Waals surface area contributed by atoms with Gasteiger partial charge in [-0.15, -0.1) is 11.8 Å². The van der Waals surface area contributed by atoms with E-state index in [1.54, 1.807) is 97.6 Å². The summed E-state index contributed by atoms with van der Waals surface area (Å²) in [5, 5.41) is 2.82. The van der Waals surface area contributed by atoms with E-state index in [4.69, 9.17) is 4.74 Å². The van der Waals surface area contributed by atoms with E-state index in [1.165, 1.54) is 4.31 Å². The molecular weight excluding hydrogens is 456 g/mol. The highest BCUT2D eigenvalue weighted by Gasteiger charge is 2.23. The van der Waals surface area contributed by atoms with E-state index in [0.29, 0.717) is 29.3 Å². The summed E-state index contributed by atoms with van der Waals surface area (Å²) in [4.78, 5) is 13.8. The molecule has 0 saturated heterocycles. The summed E-state index contributed by atoms with van der Waals surface area (Å²) < 4.78 is 33.0. The molecule has 3 rings (SSSR count). The molecule has 0 bridgehead atoms. The van der Waals surface area contributed by atoms with E-state index in [-0.39, 0.29) is 17.3 Å². The quantitative estimate of drug-likeness (QED) is 0.308. The first-order valence-electron chi connectivity index (χ1n) is 10.3. The van der Waals surface area contributed by atoms with Crippen molar-refractivity contribution in [1.29, 1.82) is 0 Å². The van der Waals surface area contributed by atoms with Crippen LogP contribution in [0.3, 0.4) is 0 Å². The fourth-order valence-electron chi connectivity index (χ4n) is 3.14. The van der Waals surface area contributed by atoms with Gasteiger partial charge in [-0.05, 0) is 86.0 Å². The molecule has 0 spiro atoms. The fourth-order valence-corrected chi connectivity index (χ4v) is 5.02. The minimum atomic E-state index is -3.72. The van der Waals surface area contributed by atoms with Gasteiger partial charge >= 0.3 is 0 Å². The molecule has 0 radical (unpaired) electrons. The number of carbonyl (C=O) groups is 1. The lowest BCUT2D eigenvalue weighted by molar-refractivity contribution is 0.102. The van der Waals surface area contributed by atoms with Crippen LogP contribution in [-0.2, 0) is 10.0 Å². The zero-order valence-electron chi connectivity index (χ0n) is 18.5. The van der Waals surface area contributed by atoms with Crippen molar-refractivity contribution in [3.8, 4) is 5.75 Å². The average Bonchev–Trinajstić information content (AvgIpc) is 2.84. The number of hydrogen-bond donors (Lipinski definition) is 1. The number of hydrogen-bond acceptors (Lipinski definition) is 5. The van der Waals surface area contributed by atoms with Crippen LogP contribution in [0, 0.1) is 0 Å². The van der Waals surface area contributed by atoms with Gasteiger partial charge in [-0.3, -0.25) is 9.10 Å². The molecular formula is C25H26N2O4S2. The molecule has 33 heavy (non-hydrogen) atoms. The normalized spacial score (nSPS) is 11.0. The van der Waals surface area contributed by atoms with Crippen molar-refractivity contribution < 1.29 is 17.9 Å². The van der Waals surface area contributed by atoms with Crippen molar-refractivity contribution in [1.82, 2.24) is 0 Å². The number of sulfonamides is 1. The highest BCUT2D eigenvalue weighted by atomic mass is 32.2. The van der Waals surface area contributed by atoms with Crippen LogP contribution in [0.4, 0.5) is 11.4 Å². The monoisotopic (exact) mass is 482 g/mol. The highest BCUT2D eigenvalue weighted by Crippen LogP contribution is 2.26. The zero-order valence-corrected chi connectivity index (χ0v) is 20.2. The number of carbonyl (C=O) groups excluding carboxylic acids is 1. The van der Waals surface area contributed by atoms with Crippen molar-refractivity contribution in [3.63, 3.8) is 0 Å². The molecule has 0 saturated carbocycles. The Morgan fingerprint density at radius 3 is 2.21 bits per heavy atom. The SMILES string of the molecule is C=CCOc1ccc(NC(=O)c2ccc(N(CC)S(=O)(=O)c3ccc(SC)cc3)cc2)cc1. The molecule has 3 aromatic carbocycles. The van der Waals surface area contributed by atoms with E-state index < -0.39 is 10.0 Å². The number of anilines is 2. The molecule has 0 unspecified atom stereocenters. The Labute approximate surface area is 199 Å². The Morgan fingerprint density at radius 2 is 1.67 bits per heavy atom. The lowest BCUT2D eigenvalue weighted by Gasteiger charge is -2.23. The Morgan fingerprint density at radius 1 is 1.03 bits per heavy atom. The molecule has 0 aliphatic heterocycles. The maximum absolute atomic E-state index is 13.1. The molecule has 1 N–H and O–H groups in total. The Balaban J connectivity index is 1.73. The maximum Gasteiger partial charge on any atom is 0.264 e. The van der Waals surface area contributed by atoms with Crippen LogP contribution in [0.1, 0.15) is 17.3 Å². The minimum absolute atomic E-state index is 0.226. The van der Waals surface area contributed by atoms with Gasteiger partial charge in [0, 0.05) is 22.7 Å². The predicted octanol–water partition coefficient (Wildman–Crippen LogP) is 5.44. The Hall–Kier alpha value is -3.23. The third kappa shape index (κ3) is 5.97. The van der Waals surface area contributed by atoms with Gasteiger partial charge in [-0.25, -0.2) is 8.42 Å². The molecule has 172 valence electrons. The lowest BCUT2D eigenvalue weighted by atomic mass is 10.2. The second-order valence-corrected chi connectivity index (χ2v) is 9.71. The minimum Gasteiger partial charge on any atom is -0.490 e. The lowest BCUT2D eigenvalue weighted by Crippen LogP contribution is -2.30. The van der Waals surface area contributed by atoms with Gasteiger partial charge in [-0.1, -0.05) is 12.7 Å². The Kier molecular flexibility index (Phi) is 8.19. The first kappa shape index (κ1) is 24.4. The largest absolute Gasteiger partial charge is 0.490 e. The van der Waals surface area contributed by atoms with Crippen LogP contribution in [0.2, 0.25) is 0 Å². The number of thioether (sulfide) groups is 1. The molecule has 0 fully saturated rings. The standard InChI is InChI=1S/C25H26N2O4S2/c1-4-18-31-22-12-8-20(9-13-22)26-25(28)19-6-10-21(11-7-19)27(5-2)33(29,30)24-16-14-23(32-3)15-17-24/h4,6-17H,1,5,18H2,2-3H3,(H,26,28). The topological polar surface area (TPSA) is 75.7 Å². The van der Waals surface area contributed by atoms with Gasteiger partial charge in [0.05, 0.1) is 10.6 Å². The van der Waals surface area contributed by atoms with Gasteiger partial charge in [0.1, 0.15) is 12.4 Å². The van der Waals surface area contributed by atoms with Gasteiger partial charge in [0.25, 0.3) is 15.9 Å². The molecule has 1 amide bonds. The number of ether oxygens (including phenoxy) is 1. The van der Waals surface area contributed by atoms with Gasteiger partial charge < -0.3 is 10.1 Å². The van der Waals surface area contributed by atoms with Crippen LogP contribution >= 0.6 is 11.8 Å². The molecule has 8 heteroatoms. The van der Waals surface area contributed by atoms with Crippen molar-refractivity contribution in [3.05, 3.63) is 91.0 Å². The molecule has 3 aromatic rings. The molecule has 0 aliphatic rings. The molecule has 0 atom stereocenters. The summed E-state index contributed by atoms with van der Waals surface area (Å²) in [6, 6.07) is 20.3. The third-order valence-corrected chi connectivity index (χ3v) is 7.49. The molecule has 6 nitrogen and oxygen atoms in total. The smallest absolute Gasteiger partial charge is 0.264 e. The van der Waals surface area contributed by atoms with E-state index in [2.05, 4.69) is 11.9 Å². The second-order valence-electron chi connectivity index (χ2n) is 6.97. The van der Waals surface area contributed by atoms with Crippen LogP contribution in [0.5, 0.6) is 5.75 Å². The van der Waals surface area contributed by atoms with E-state index in [0.717, 1.165) is 4.90 Å². The van der Waals surface area contributed by atoms with E-state index >= 15 is 0 Å². The first-order valence-corrected chi connectivity index (χ1v) is 13.0. The highest BCUT2D eigenvalue weighted by molar-refractivity contribution is 7.98. The third-order valence-electron chi connectivity index (χ3n) is 4.83. The summed E-state index contributed by atoms with van der Waals surface area (Å²) in [6.45, 7) is 6.05. The van der Waals surface area contributed by atoms with Gasteiger partial charge in [0.15, 0.2) is 0 Å². The number of benzene rings is 3. The number of rotatable bonds is 10. The zero-order chi connectivity index (χ0) is 23.8. The maximum atomic E-state index is 13.1. The van der Waals surface area contributed by atoms with Crippen molar-refractivity contribution in [2.75, 3.05) is 29.0 Å². The van der Waals surface area contributed by atoms with Crippen molar-refractivity contribution >= 4 is 39.1 Å².